The summed E-state index contributed by atoms with van der Waals surface area (Å²) in [6, 6.07) is 17.0. The summed E-state index contributed by atoms with van der Waals surface area (Å²) >= 11 is 7.62. The number of nitrogens with one attached hydrogen (secondary N) is 2. The van der Waals surface area contributed by atoms with Crippen molar-refractivity contribution in [3.8, 4) is 0 Å². The second-order valence-electron chi connectivity index (χ2n) is 5.07. The summed E-state index contributed by atoms with van der Waals surface area (Å²) in [6.45, 7) is 2.75. The molecule has 0 radical (unpaired) electrons. The van der Waals surface area contributed by atoms with Crippen LogP contribution >= 0.6 is 23.4 Å². The van der Waals surface area contributed by atoms with Crippen molar-refractivity contribution in [2.24, 2.45) is 5.92 Å². The largest absolute Gasteiger partial charge is 0.338 e. The molecule has 5 heteroatoms. The standard InChI is InChI=1S/C17H19ClN2OS/c1-13(12-22-16-9-7-14(18)8-10-16)11-19-17(21)20-15-5-3-2-4-6-15/h2-10,13H,11-12H2,1H3,(H2,19,20,21). The fraction of sp³-hybridized carbons (Fsp3) is 0.235. The molecule has 0 spiro atoms. The topological polar surface area (TPSA) is 41.1 Å². The quantitative estimate of drug-likeness (QED) is 0.738. The third-order valence-electron chi connectivity index (χ3n) is 2.99. The number of hydrogen-bond donors (Lipinski definition) is 2. The minimum absolute atomic E-state index is 0.172. The Morgan fingerprint density at radius 2 is 1.82 bits per heavy atom. The number of anilines is 1. The first-order valence-corrected chi connectivity index (χ1v) is 8.48. The SMILES string of the molecule is CC(CNC(=O)Nc1ccccc1)CSc1ccc(Cl)cc1. The fourth-order valence-corrected chi connectivity index (χ4v) is 2.84. The average Bonchev–Trinajstić information content (AvgIpc) is 2.53. The molecule has 2 aromatic rings. The van der Waals surface area contributed by atoms with E-state index in [2.05, 4.69) is 17.6 Å². The van der Waals surface area contributed by atoms with Crippen LogP contribution in [0.4, 0.5) is 10.5 Å². The van der Waals surface area contributed by atoms with E-state index in [1.165, 1.54) is 4.90 Å². The van der Waals surface area contributed by atoms with Gasteiger partial charge in [0.15, 0.2) is 0 Å². The summed E-state index contributed by atoms with van der Waals surface area (Å²) in [4.78, 5) is 13.0. The molecule has 0 fully saturated rings. The van der Waals surface area contributed by atoms with Gasteiger partial charge in [0.1, 0.15) is 0 Å². The molecule has 1 unspecified atom stereocenters. The van der Waals surface area contributed by atoms with Gasteiger partial charge in [-0.1, -0.05) is 36.7 Å². The van der Waals surface area contributed by atoms with Crippen molar-refractivity contribution in [2.75, 3.05) is 17.6 Å². The van der Waals surface area contributed by atoms with Crippen LogP contribution in [0, 0.1) is 5.92 Å². The van der Waals surface area contributed by atoms with E-state index in [-0.39, 0.29) is 6.03 Å². The summed E-state index contributed by atoms with van der Waals surface area (Å²) < 4.78 is 0. The second kappa shape index (κ2) is 8.71. The molecule has 1 atom stereocenters. The first kappa shape index (κ1) is 16.7. The average molecular weight is 335 g/mol. The highest BCUT2D eigenvalue weighted by molar-refractivity contribution is 7.99. The van der Waals surface area contributed by atoms with E-state index in [1.54, 1.807) is 11.8 Å². The smallest absolute Gasteiger partial charge is 0.319 e. The van der Waals surface area contributed by atoms with Gasteiger partial charge in [0.2, 0.25) is 0 Å². The molecule has 2 amide bonds. The maximum absolute atomic E-state index is 11.8. The minimum atomic E-state index is -0.172. The maximum Gasteiger partial charge on any atom is 0.319 e. The predicted molar refractivity (Wildman–Crippen MR) is 94.8 cm³/mol. The molecule has 0 saturated heterocycles. The van der Waals surface area contributed by atoms with E-state index < -0.39 is 0 Å². The number of amides is 2. The summed E-state index contributed by atoms with van der Waals surface area (Å²) in [5.41, 5.74) is 0.795. The highest BCUT2D eigenvalue weighted by atomic mass is 35.5. The van der Waals surface area contributed by atoms with Crippen LogP contribution in [0.25, 0.3) is 0 Å². The molecule has 2 aromatic carbocycles. The van der Waals surface area contributed by atoms with Crippen LogP contribution in [0.15, 0.2) is 59.5 Å². The van der Waals surface area contributed by atoms with Gasteiger partial charge in [-0.2, -0.15) is 0 Å². The molecule has 22 heavy (non-hydrogen) atoms. The molecule has 0 aliphatic rings. The van der Waals surface area contributed by atoms with Gasteiger partial charge in [-0.15, -0.1) is 11.8 Å². The Morgan fingerprint density at radius 3 is 2.50 bits per heavy atom. The van der Waals surface area contributed by atoms with Gasteiger partial charge in [0.25, 0.3) is 0 Å². The van der Waals surface area contributed by atoms with Gasteiger partial charge in [-0.25, -0.2) is 4.79 Å². The Bertz CT molecular complexity index is 589. The molecule has 0 bridgehead atoms. The summed E-state index contributed by atoms with van der Waals surface area (Å²) in [5, 5.41) is 6.44. The van der Waals surface area contributed by atoms with Crippen molar-refractivity contribution in [3.05, 3.63) is 59.6 Å². The van der Waals surface area contributed by atoms with Gasteiger partial charge in [-0.3, -0.25) is 0 Å². The number of halogens is 1. The second-order valence-corrected chi connectivity index (χ2v) is 6.60. The molecule has 0 heterocycles. The number of urea groups is 1. The molecule has 3 nitrogen and oxygen atoms in total. The van der Waals surface area contributed by atoms with Crippen molar-refractivity contribution in [1.29, 1.82) is 0 Å². The number of carbonyl (C=O) groups excluding carboxylic acids is 1. The van der Waals surface area contributed by atoms with Crippen LogP contribution in [0.3, 0.4) is 0 Å². The number of hydrogen-bond acceptors (Lipinski definition) is 2. The van der Waals surface area contributed by atoms with Crippen molar-refractivity contribution < 1.29 is 4.79 Å². The normalized spacial score (nSPS) is 11.7. The molecule has 0 aliphatic carbocycles. The first-order valence-electron chi connectivity index (χ1n) is 7.12. The van der Waals surface area contributed by atoms with Crippen LogP contribution in [0.5, 0.6) is 0 Å². The lowest BCUT2D eigenvalue weighted by Crippen LogP contribution is -2.32. The number of carbonyl (C=O) groups is 1. The van der Waals surface area contributed by atoms with E-state index in [0.29, 0.717) is 12.5 Å². The van der Waals surface area contributed by atoms with Gasteiger partial charge >= 0.3 is 6.03 Å². The Hall–Kier alpha value is -1.65. The van der Waals surface area contributed by atoms with Crippen molar-refractivity contribution in [1.82, 2.24) is 5.32 Å². The van der Waals surface area contributed by atoms with Gasteiger partial charge < -0.3 is 10.6 Å². The van der Waals surface area contributed by atoms with Gasteiger partial charge in [0, 0.05) is 27.9 Å². The van der Waals surface area contributed by atoms with Gasteiger partial charge in [-0.05, 0) is 42.3 Å². The van der Waals surface area contributed by atoms with Gasteiger partial charge in [0.05, 0.1) is 0 Å². The monoisotopic (exact) mass is 334 g/mol. The van der Waals surface area contributed by atoms with Crippen LogP contribution in [-0.4, -0.2) is 18.3 Å². The summed E-state index contributed by atoms with van der Waals surface area (Å²) in [7, 11) is 0. The van der Waals surface area contributed by atoms with E-state index in [4.69, 9.17) is 11.6 Å². The third-order valence-corrected chi connectivity index (χ3v) is 4.58. The maximum atomic E-state index is 11.8. The number of rotatable bonds is 6. The number of para-hydroxylation sites is 1. The van der Waals surface area contributed by atoms with Crippen molar-refractivity contribution in [2.45, 2.75) is 11.8 Å². The molecule has 0 saturated carbocycles. The zero-order valence-corrected chi connectivity index (χ0v) is 14.0. The third kappa shape index (κ3) is 6.00. The predicted octanol–water partition coefficient (Wildman–Crippen LogP) is 4.89. The lowest BCUT2D eigenvalue weighted by Gasteiger charge is -2.13. The minimum Gasteiger partial charge on any atom is -0.338 e. The van der Waals surface area contributed by atoms with Crippen LogP contribution in [0.1, 0.15) is 6.92 Å². The molecule has 0 aliphatic heterocycles. The lowest BCUT2D eigenvalue weighted by atomic mass is 10.2. The molecular formula is C17H19ClN2OS. The Kier molecular flexibility index (Phi) is 6.62. The van der Waals surface area contributed by atoms with Crippen LogP contribution in [0.2, 0.25) is 5.02 Å². The highest BCUT2D eigenvalue weighted by Gasteiger charge is 2.06. The summed E-state index contributed by atoms with van der Waals surface area (Å²) in [5.74, 6) is 1.31. The van der Waals surface area contributed by atoms with E-state index in [9.17, 15) is 4.79 Å². The Morgan fingerprint density at radius 1 is 1.14 bits per heavy atom. The first-order chi connectivity index (χ1) is 10.6. The zero-order valence-electron chi connectivity index (χ0n) is 12.4. The van der Waals surface area contributed by atoms with E-state index in [0.717, 1.165) is 16.5 Å². The van der Waals surface area contributed by atoms with Crippen molar-refractivity contribution in [3.63, 3.8) is 0 Å². The molecule has 0 aromatic heterocycles. The van der Waals surface area contributed by atoms with Crippen LogP contribution < -0.4 is 10.6 Å². The molecule has 116 valence electrons. The number of benzene rings is 2. The van der Waals surface area contributed by atoms with Crippen molar-refractivity contribution >= 4 is 35.1 Å². The molecule has 2 rings (SSSR count). The zero-order chi connectivity index (χ0) is 15.8. The lowest BCUT2D eigenvalue weighted by molar-refractivity contribution is 0.251. The highest BCUT2D eigenvalue weighted by Crippen LogP contribution is 2.22. The van der Waals surface area contributed by atoms with Crippen LogP contribution in [-0.2, 0) is 0 Å². The summed E-state index contributed by atoms with van der Waals surface area (Å²) in [6.07, 6.45) is 0. The molecule has 2 N–H and O–H groups in total. The molecular weight excluding hydrogens is 316 g/mol. The number of thioether (sulfide) groups is 1. The fourth-order valence-electron chi connectivity index (χ4n) is 1.79. The van der Waals surface area contributed by atoms with E-state index in [1.807, 2.05) is 54.6 Å². The Balaban J connectivity index is 1.67. The Labute approximate surface area is 140 Å². The van der Waals surface area contributed by atoms with E-state index >= 15 is 0 Å².